The van der Waals surface area contributed by atoms with Gasteiger partial charge in [0.2, 0.25) is 5.78 Å². The molecule has 2 aromatic carbocycles. The Morgan fingerprint density at radius 2 is 1.64 bits per heavy atom. The highest BCUT2D eigenvalue weighted by molar-refractivity contribution is 6.16. The molecule has 1 fully saturated rings. The lowest BCUT2D eigenvalue weighted by atomic mass is 9.68. The van der Waals surface area contributed by atoms with Gasteiger partial charge in [0.15, 0.2) is 12.2 Å². The molecule has 0 unspecified atom stereocenters. The molecule has 208 valence electrons. The third kappa shape index (κ3) is 4.84. The molecule has 1 saturated heterocycles. The fourth-order valence-electron chi connectivity index (χ4n) is 5.16. The zero-order valence-corrected chi connectivity index (χ0v) is 22.0. The summed E-state index contributed by atoms with van der Waals surface area (Å²) in [4.78, 5) is 37.8. The van der Waals surface area contributed by atoms with Crippen molar-refractivity contribution in [1.29, 1.82) is 0 Å². The molecule has 0 amide bonds. The van der Waals surface area contributed by atoms with E-state index in [0.717, 1.165) is 6.92 Å². The van der Waals surface area contributed by atoms with E-state index in [-0.39, 0.29) is 28.0 Å². The van der Waals surface area contributed by atoms with Crippen LogP contribution in [0.1, 0.15) is 53.4 Å². The lowest BCUT2D eigenvalue weighted by Gasteiger charge is -2.48. The highest BCUT2D eigenvalue weighted by Gasteiger charge is 2.58. The number of aryl methyl sites for hydroxylation is 1. The largest absolute Gasteiger partial charge is 0.507 e. The van der Waals surface area contributed by atoms with E-state index in [9.17, 15) is 34.8 Å². The maximum atomic E-state index is 13.5. The number of methoxy groups -OCH3 is 1. The maximum absolute atomic E-state index is 13.5. The van der Waals surface area contributed by atoms with Crippen LogP contribution in [0.25, 0.3) is 0 Å². The standard InChI is InChI=1S/C28H30O11/c1-12(2)6-21(32)39-26-20(38-14(4)29)11-37-27(25(26)34)28(35)16-7-13(3)8-18(30)22(16)24(33)23-17(28)9-15(36-5)10-19(23)31/h6-10,20,25-27,30-31,34-35H,11H2,1-5H3/t20-,25+,26-,27+,28-/m1/s1. The second-order valence-electron chi connectivity index (χ2n) is 9.89. The van der Waals surface area contributed by atoms with Gasteiger partial charge in [0, 0.05) is 30.2 Å². The summed E-state index contributed by atoms with van der Waals surface area (Å²) in [5.41, 5.74) is -2.19. The summed E-state index contributed by atoms with van der Waals surface area (Å²) in [7, 11) is 1.32. The first-order valence-electron chi connectivity index (χ1n) is 12.1. The minimum absolute atomic E-state index is 0.0902. The lowest BCUT2D eigenvalue weighted by molar-refractivity contribution is -0.243. The van der Waals surface area contributed by atoms with E-state index in [1.165, 1.54) is 37.5 Å². The first kappa shape index (κ1) is 28.1. The van der Waals surface area contributed by atoms with Crippen molar-refractivity contribution in [2.24, 2.45) is 0 Å². The topological polar surface area (TPSA) is 169 Å². The molecule has 4 rings (SSSR count). The van der Waals surface area contributed by atoms with Crippen molar-refractivity contribution in [1.82, 2.24) is 0 Å². The van der Waals surface area contributed by atoms with E-state index in [1.54, 1.807) is 20.8 Å². The molecule has 2 aromatic rings. The summed E-state index contributed by atoms with van der Waals surface area (Å²) in [6.45, 7) is 5.70. The zero-order chi connectivity index (χ0) is 28.8. The molecule has 0 spiro atoms. The molecule has 5 atom stereocenters. The summed E-state index contributed by atoms with van der Waals surface area (Å²) < 4.78 is 21.8. The van der Waals surface area contributed by atoms with Crippen LogP contribution in [0.15, 0.2) is 35.9 Å². The monoisotopic (exact) mass is 542 g/mol. The van der Waals surface area contributed by atoms with E-state index < -0.39 is 65.8 Å². The fraction of sp³-hybridized carbons (Fsp3) is 0.393. The zero-order valence-electron chi connectivity index (χ0n) is 22.0. The minimum Gasteiger partial charge on any atom is -0.507 e. The average Bonchev–Trinajstić information content (AvgIpc) is 2.83. The van der Waals surface area contributed by atoms with Crippen molar-refractivity contribution in [2.45, 2.75) is 57.7 Å². The lowest BCUT2D eigenvalue weighted by Crippen LogP contribution is -2.63. The van der Waals surface area contributed by atoms with Gasteiger partial charge in [0.1, 0.15) is 35.1 Å². The number of phenolic OH excluding ortho intramolecular Hbond substituents is 2. The third-order valence-electron chi connectivity index (χ3n) is 6.71. The summed E-state index contributed by atoms with van der Waals surface area (Å²) in [5, 5.41) is 45.5. The predicted octanol–water partition coefficient (Wildman–Crippen LogP) is 1.76. The molecule has 0 aromatic heterocycles. The number of rotatable bonds is 5. The van der Waals surface area contributed by atoms with Gasteiger partial charge in [-0.3, -0.25) is 9.59 Å². The number of ether oxygens (including phenoxy) is 4. The maximum Gasteiger partial charge on any atom is 0.331 e. The second kappa shape index (κ2) is 10.3. The Morgan fingerprint density at radius 3 is 2.23 bits per heavy atom. The molecule has 4 N–H and O–H groups in total. The van der Waals surface area contributed by atoms with Crippen molar-refractivity contribution < 1.29 is 53.8 Å². The number of carbonyl (C=O) groups is 3. The normalized spacial score (nSPS) is 25.7. The van der Waals surface area contributed by atoms with Crippen LogP contribution in [0.2, 0.25) is 0 Å². The number of hydrogen-bond acceptors (Lipinski definition) is 11. The number of aliphatic hydroxyl groups excluding tert-OH is 1. The Labute approximate surface area is 224 Å². The van der Waals surface area contributed by atoms with Crippen LogP contribution in [-0.2, 0) is 29.4 Å². The van der Waals surface area contributed by atoms with E-state index in [1.807, 2.05) is 0 Å². The number of fused-ring (bicyclic) bond motifs is 2. The Morgan fingerprint density at radius 1 is 1.03 bits per heavy atom. The third-order valence-corrected chi connectivity index (χ3v) is 6.71. The van der Waals surface area contributed by atoms with E-state index >= 15 is 0 Å². The number of hydrogen-bond donors (Lipinski definition) is 4. The number of benzene rings is 2. The van der Waals surface area contributed by atoms with E-state index in [4.69, 9.17) is 18.9 Å². The van der Waals surface area contributed by atoms with Crippen molar-refractivity contribution in [3.05, 3.63) is 63.7 Å². The van der Waals surface area contributed by atoms with Gasteiger partial charge < -0.3 is 39.4 Å². The van der Waals surface area contributed by atoms with Gasteiger partial charge in [-0.25, -0.2) is 4.79 Å². The first-order valence-corrected chi connectivity index (χ1v) is 12.1. The Kier molecular flexibility index (Phi) is 7.44. The molecule has 1 heterocycles. The van der Waals surface area contributed by atoms with E-state index in [0.29, 0.717) is 11.1 Å². The van der Waals surface area contributed by atoms with Crippen LogP contribution in [-0.4, -0.2) is 76.3 Å². The molecule has 11 nitrogen and oxygen atoms in total. The number of aromatic hydroxyl groups is 2. The highest BCUT2D eigenvalue weighted by Crippen LogP contribution is 2.51. The molecule has 39 heavy (non-hydrogen) atoms. The number of carbonyl (C=O) groups excluding carboxylic acids is 3. The SMILES string of the molecule is COc1cc(O)c2c(c1)[C@@](O)([C@H]1OC[C@@H](OC(C)=O)[C@@H](OC(=O)C=C(C)C)[C@@H]1O)c1cc(C)cc(O)c1C2=O. The summed E-state index contributed by atoms with van der Waals surface area (Å²) in [6.07, 6.45) is -4.97. The summed E-state index contributed by atoms with van der Waals surface area (Å²) in [5.74, 6) is -3.21. The molecule has 1 aliphatic heterocycles. The number of ketones is 1. The molecule has 0 saturated carbocycles. The summed E-state index contributed by atoms with van der Waals surface area (Å²) in [6, 6.07) is 5.26. The molecular formula is C28H30O11. The molecular weight excluding hydrogens is 512 g/mol. The molecule has 11 heteroatoms. The predicted molar refractivity (Wildman–Crippen MR) is 135 cm³/mol. The number of phenols is 2. The second-order valence-corrected chi connectivity index (χ2v) is 9.89. The van der Waals surface area contributed by atoms with Gasteiger partial charge >= 0.3 is 11.9 Å². The Balaban J connectivity index is 1.94. The van der Waals surface area contributed by atoms with Crippen LogP contribution in [0, 0.1) is 6.92 Å². The van der Waals surface area contributed by atoms with E-state index in [2.05, 4.69) is 0 Å². The summed E-state index contributed by atoms with van der Waals surface area (Å²) >= 11 is 0. The van der Waals surface area contributed by atoms with Crippen LogP contribution >= 0.6 is 0 Å². The van der Waals surface area contributed by atoms with Gasteiger partial charge in [-0.15, -0.1) is 0 Å². The quantitative estimate of drug-likeness (QED) is 0.321. The van der Waals surface area contributed by atoms with Crippen molar-refractivity contribution in [2.75, 3.05) is 13.7 Å². The van der Waals surface area contributed by atoms with Crippen LogP contribution in [0.4, 0.5) is 0 Å². The number of aliphatic hydroxyl groups is 2. The molecule has 1 aliphatic carbocycles. The van der Waals surface area contributed by atoms with Crippen LogP contribution in [0.5, 0.6) is 17.2 Å². The Bertz CT molecular complexity index is 1370. The van der Waals surface area contributed by atoms with Gasteiger partial charge in [-0.05, 0) is 38.5 Å². The smallest absolute Gasteiger partial charge is 0.331 e. The van der Waals surface area contributed by atoms with Gasteiger partial charge in [-0.1, -0.05) is 11.6 Å². The number of allylic oxidation sites excluding steroid dienone is 1. The Hall–Kier alpha value is -3.93. The van der Waals surface area contributed by atoms with Gasteiger partial charge in [-0.2, -0.15) is 0 Å². The number of esters is 2. The van der Waals surface area contributed by atoms with Crippen LogP contribution in [0.3, 0.4) is 0 Å². The molecule has 0 radical (unpaired) electrons. The first-order chi connectivity index (χ1) is 18.3. The van der Waals surface area contributed by atoms with Crippen LogP contribution < -0.4 is 4.74 Å². The molecule has 0 bridgehead atoms. The van der Waals surface area contributed by atoms with Gasteiger partial charge in [0.05, 0.1) is 24.8 Å². The highest BCUT2D eigenvalue weighted by atomic mass is 16.6. The van der Waals surface area contributed by atoms with Crippen molar-refractivity contribution in [3.63, 3.8) is 0 Å². The molecule has 2 aliphatic rings. The minimum atomic E-state index is -2.38. The van der Waals surface area contributed by atoms with Gasteiger partial charge in [0.25, 0.3) is 0 Å². The van der Waals surface area contributed by atoms with Crippen molar-refractivity contribution >= 4 is 17.7 Å². The van der Waals surface area contributed by atoms with Crippen molar-refractivity contribution in [3.8, 4) is 17.2 Å². The fourth-order valence-corrected chi connectivity index (χ4v) is 5.16. The average molecular weight is 543 g/mol.